The van der Waals surface area contributed by atoms with E-state index in [4.69, 9.17) is 9.84 Å². The van der Waals surface area contributed by atoms with Crippen LogP contribution in [0.25, 0.3) is 0 Å². The van der Waals surface area contributed by atoms with Gasteiger partial charge in [0, 0.05) is 0 Å². The lowest BCUT2D eigenvalue weighted by atomic mass is 9.69. The third-order valence-corrected chi connectivity index (χ3v) is 4.33. The summed E-state index contributed by atoms with van der Waals surface area (Å²) in [5.74, 6) is -0.811. The summed E-state index contributed by atoms with van der Waals surface area (Å²) in [6.07, 6.45) is 4.67. The molecule has 1 fully saturated rings. The maximum absolute atomic E-state index is 12.7. The van der Waals surface area contributed by atoms with E-state index in [0.717, 1.165) is 37.7 Å². The molecular weight excluding hydrogens is 280 g/mol. The van der Waals surface area contributed by atoms with Gasteiger partial charge in [-0.2, -0.15) is 0 Å². The molecule has 2 rings (SSSR count). The van der Waals surface area contributed by atoms with Crippen molar-refractivity contribution in [3.05, 3.63) is 35.4 Å². The molecule has 120 valence electrons. The summed E-state index contributed by atoms with van der Waals surface area (Å²) in [4.78, 5) is 23.7. The van der Waals surface area contributed by atoms with Gasteiger partial charge < -0.3 is 9.84 Å². The third kappa shape index (κ3) is 3.49. The number of aromatic carboxylic acids is 1. The number of esters is 1. The van der Waals surface area contributed by atoms with Crippen LogP contribution in [0.1, 0.15) is 61.9 Å². The normalized spacial score (nSPS) is 17.2. The topological polar surface area (TPSA) is 63.6 Å². The number of rotatable bonds is 5. The first-order valence-electron chi connectivity index (χ1n) is 7.97. The van der Waals surface area contributed by atoms with Gasteiger partial charge in [0.1, 0.15) is 0 Å². The smallest absolute Gasteiger partial charge is 0.335 e. The van der Waals surface area contributed by atoms with Crippen molar-refractivity contribution in [2.75, 3.05) is 6.61 Å². The van der Waals surface area contributed by atoms with Gasteiger partial charge in [-0.15, -0.1) is 0 Å². The van der Waals surface area contributed by atoms with E-state index < -0.39 is 11.4 Å². The number of carboxylic acid groups (broad SMARTS) is 1. The van der Waals surface area contributed by atoms with Crippen LogP contribution in [0.4, 0.5) is 0 Å². The Morgan fingerprint density at radius 3 is 2.23 bits per heavy atom. The maximum Gasteiger partial charge on any atom is 0.335 e. The van der Waals surface area contributed by atoms with Crippen LogP contribution in [0.2, 0.25) is 0 Å². The van der Waals surface area contributed by atoms with Crippen LogP contribution >= 0.6 is 0 Å². The Bertz CT molecular complexity index is 525. The largest absolute Gasteiger partial charge is 0.478 e. The summed E-state index contributed by atoms with van der Waals surface area (Å²) in [5, 5.41) is 9.01. The highest BCUT2D eigenvalue weighted by molar-refractivity contribution is 5.88. The second kappa shape index (κ2) is 6.95. The van der Waals surface area contributed by atoms with Gasteiger partial charge in [0.2, 0.25) is 0 Å². The van der Waals surface area contributed by atoms with Crippen LogP contribution in [0, 0.1) is 5.92 Å². The summed E-state index contributed by atoms with van der Waals surface area (Å²) in [5.41, 5.74) is 0.515. The molecule has 0 amide bonds. The molecule has 0 atom stereocenters. The van der Waals surface area contributed by atoms with Gasteiger partial charge in [-0.05, 0) is 36.5 Å². The molecule has 1 aromatic carbocycles. The fourth-order valence-electron chi connectivity index (χ4n) is 3.08. The fraction of sp³-hybridized carbons (Fsp3) is 0.556. The van der Waals surface area contributed by atoms with Crippen molar-refractivity contribution in [2.24, 2.45) is 5.92 Å². The molecule has 1 saturated carbocycles. The van der Waals surface area contributed by atoms with E-state index in [2.05, 4.69) is 0 Å². The van der Waals surface area contributed by atoms with Crippen molar-refractivity contribution in [3.8, 4) is 0 Å². The van der Waals surface area contributed by atoms with E-state index in [0.29, 0.717) is 12.5 Å². The van der Waals surface area contributed by atoms with Crippen molar-refractivity contribution < 1.29 is 19.4 Å². The molecule has 4 nitrogen and oxygen atoms in total. The predicted molar refractivity (Wildman–Crippen MR) is 84.0 cm³/mol. The van der Waals surface area contributed by atoms with Gasteiger partial charge in [0.25, 0.3) is 0 Å². The lowest BCUT2D eigenvalue weighted by Gasteiger charge is -2.35. The number of benzene rings is 1. The van der Waals surface area contributed by atoms with Crippen molar-refractivity contribution in [2.45, 2.75) is 51.4 Å². The molecule has 0 bridgehead atoms. The van der Waals surface area contributed by atoms with E-state index in [1.807, 2.05) is 13.8 Å². The Morgan fingerprint density at radius 2 is 1.73 bits per heavy atom. The van der Waals surface area contributed by atoms with Gasteiger partial charge in [-0.25, -0.2) is 4.79 Å². The summed E-state index contributed by atoms with van der Waals surface area (Å²) < 4.78 is 5.52. The van der Waals surface area contributed by atoms with E-state index in [-0.39, 0.29) is 11.5 Å². The van der Waals surface area contributed by atoms with Crippen molar-refractivity contribution in [1.82, 2.24) is 0 Å². The average molecular weight is 304 g/mol. The molecule has 0 saturated heterocycles. The molecule has 4 heteroatoms. The lowest BCUT2D eigenvalue weighted by Crippen LogP contribution is -2.40. The zero-order valence-electron chi connectivity index (χ0n) is 13.3. The standard InChI is InChI=1S/C18H24O4/c1-13(2)12-22-17(21)18(10-4-3-5-11-18)15-8-6-14(7-9-15)16(19)20/h6-9,13H,3-5,10-12H2,1-2H3,(H,19,20). The van der Waals surface area contributed by atoms with Gasteiger partial charge >= 0.3 is 11.9 Å². The summed E-state index contributed by atoms with van der Waals surface area (Å²) in [7, 11) is 0. The van der Waals surface area contributed by atoms with E-state index in [1.165, 1.54) is 0 Å². The summed E-state index contributed by atoms with van der Waals surface area (Å²) in [6, 6.07) is 6.68. The van der Waals surface area contributed by atoms with Gasteiger partial charge in [-0.3, -0.25) is 4.79 Å². The zero-order valence-corrected chi connectivity index (χ0v) is 13.3. The third-order valence-electron chi connectivity index (χ3n) is 4.33. The van der Waals surface area contributed by atoms with Crippen molar-refractivity contribution in [1.29, 1.82) is 0 Å². The molecule has 1 aromatic rings. The minimum atomic E-state index is -0.952. The van der Waals surface area contributed by atoms with E-state index in [1.54, 1.807) is 24.3 Å². The Balaban J connectivity index is 2.28. The molecular formula is C18H24O4. The zero-order chi connectivity index (χ0) is 16.2. The van der Waals surface area contributed by atoms with Gasteiger partial charge in [0.05, 0.1) is 17.6 Å². The first-order valence-corrected chi connectivity index (χ1v) is 7.97. The van der Waals surface area contributed by atoms with Crippen LogP contribution in [0.3, 0.4) is 0 Å². The quantitative estimate of drug-likeness (QED) is 0.841. The number of ether oxygens (including phenoxy) is 1. The fourth-order valence-corrected chi connectivity index (χ4v) is 3.08. The summed E-state index contributed by atoms with van der Waals surface area (Å²) in [6.45, 7) is 4.46. The predicted octanol–water partition coefficient (Wildman–Crippen LogP) is 3.79. The Labute approximate surface area is 131 Å². The number of carbonyl (C=O) groups excluding carboxylic acids is 1. The van der Waals surface area contributed by atoms with Crippen LogP contribution in [0.5, 0.6) is 0 Å². The SMILES string of the molecule is CC(C)COC(=O)C1(c2ccc(C(=O)O)cc2)CCCCC1. The van der Waals surface area contributed by atoms with Gasteiger partial charge in [-0.1, -0.05) is 45.2 Å². The molecule has 22 heavy (non-hydrogen) atoms. The Kier molecular flexibility index (Phi) is 5.22. The second-order valence-electron chi connectivity index (χ2n) is 6.52. The molecule has 0 spiro atoms. The lowest BCUT2D eigenvalue weighted by molar-refractivity contribution is -0.153. The van der Waals surface area contributed by atoms with E-state index >= 15 is 0 Å². The van der Waals surface area contributed by atoms with Crippen LogP contribution in [-0.2, 0) is 14.9 Å². The molecule has 0 aliphatic heterocycles. The molecule has 0 radical (unpaired) electrons. The minimum absolute atomic E-state index is 0.163. The first kappa shape index (κ1) is 16.5. The highest BCUT2D eigenvalue weighted by Gasteiger charge is 2.42. The highest BCUT2D eigenvalue weighted by Crippen LogP contribution is 2.40. The molecule has 0 heterocycles. The Hall–Kier alpha value is -1.84. The number of carboxylic acids is 1. The molecule has 1 aliphatic rings. The Morgan fingerprint density at radius 1 is 1.14 bits per heavy atom. The number of hydrogen-bond donors (Lipinski definition) is 1. The summed E-state index contributed by atoms with van der Waals surface area (Å²) >= 11 is 0. The van der Waals surface area contributed by atoms with Crippen molar-refractivity contribution >= 4 is 11.9 Å². The first-order chi connectivity index (χ1) is 10.5. The molecule has 1 N–H and O–H groups in total. The second-order valence-corrected chi connectivity index (χ2v) is 6.52. The minimum Gasteiger partial charge on any atom is -0.478 e. The van der Waals surface area contributed by atoms with Gasteiger partial charge in [0.15, 0.2) is 0 Å². The average Bonchev–Trinajstić information content (AvgIpc) is 2.53. The molecule has 1 aliphatic carbocycles. The number of hydrogen-bond acceptors (Lipinski definition) is 3. The number of carbonyl (C=O) groups is 2. The molecule has 0 unspecified atom stereocenters. The van der Waals surface area contributed by atoms with Crippen LogP contribution < -0.4 is 0 Å². The van der Waals surface area contributed by atoms with Crippen LogP contribution in [-0.4, -0.2) is 23.7 Å². The molecule has 0 aromatic heterocycles. The van der Waals surface area contributed by atoms with E-state index in [9.17, 15) is 9.59 Å². The highest BCUT2D eigenvalue weighted by atomic mass is 16.5. The maximum atomic E-state index is 12.7. The monoisotopic (exact) mass is 304 g/mol. The van der Waals surface area contributed by atoms with Crippen molar-refractivity contribution in [3.63, 3.8) is 0 Å². The van der Waals surface area contributed by atoms with Crippen LogP contribution in [0.15, 0.2) is 24.3 Å².